The number of ether oxygens (including phenoxy) is 2. The first-order valence-corrected chi connectivity index (χ1v) is 12.8. The number of anilines is 1. The summed E-state index contributed by atoms with van der Waals surface area (Å²) in [5.74, 6) is 2.79. The standard InChI is InChI=1S/C20H21N5O6S2/c1-24-19(13-4-7-17-18(10-13)31-12-30-17)22-23-20(24)32-9-3-8-21-15-6-5-14(33(2,28)29)11-16(15)25(26)27/h4-7,10-11,21H,3,8-9,12H2,1-2H3. The minimum Gasteiger partial charge on any atom is -0.454 e. The molecule has 11 nitrogen and oxygen atoms in total. The Bertz CT molecular complexity index is 1310. The molecule has 0 spiro atoms. The van der Waals surface area contributed by atoms with Crippen LogP contribution >= 0.6 is 11.8 Å². The van der Waals surface area contributed by atoms with Crippen LogP contribution < -0.4 is 14.8 Å². The van der Waals surface area contributed by atoms with Gasteiger partial charge in [0.1, 0.15) is 5.69 Å². The van der Waals surface area contributed by atoms with Gasteiger partial charge in [-0.15, -0.1) is 10.2 Å². The van der Waals surface area contributed by atoms with Crippen LogP contribution in [0.3, 0.4) is 0 Å². The van der Waals surface area contributed by atoms with Gasteiger partial charge in [-0.05, 0) is 36.8 Å². The number of thioether (sulfide) groups is 1. The minimum absolute atomic E-state index is 0.0872. The van der Waals surface area contributed by atoms with Crippen molar-refractivity contribution in [2.75, 3.05) is 30.7 Å². The van der Waals surface area contributed by atoms with Crippen LogP contribution in [0.25, 0.3) is 11.4 Å². The summed E-state index contributed by atoms with van der Waals surface area (Å²) in [7, 11) is -1.64. The Balaban J connectivity index is 1.33. The molecule has 0 atom stereocenters. The number of nitro groups is 1. The number of fused-ring (bicyclic) bond motifs is 1. The summed E-state index contributed by atoms with van der Waals surface area (Å²) < 4.78 is 35.9. The Kier molecular flexibility index (Phi) is 6.42. The molecule has 1 aliphatic heterocycles. The molecule has 0 saturated heterocycles. The molecule has 0 fully saturated rings. The van der Waals surface area contributed by atoms with Gasteiger partial charge in [0.15, 0.2) is 32.3 Å². The highest BCUT2D eigenvalue weighted by Crippen LogP contribution is 2.36. The van der Waals surface area contributed by atoms with E-state index in [4.69, 9.17) is 9.47 Å². The molecule has 13 heteroatoms. The van der Waals surface area contributed by atoms with Gasteiger partial charge < -0.3 is 19.4 Å². The highest BCUT2D eigenvalue weighted by atomic mass is 32.2. The lowest BCUT2D eigenvalue weighted by Crippen LogP contribution is -2.07. The van der Waals surface area contributed by atoms with Gasteiger partial charge in [0.05, 0.1) is 9.82 Å². The number of benzene rings is 2. The third-order valence-electron chi connectivity index (χ3n) is 4.93. The molecule has 33 heavy (non-hydrogen) atoms. The normalized spacial score (nSPS) is 12.7. The summed E-state index contributed by atoms with van der Waals surface area (Å²) in [5.41, 5.74) is 0.876. The summed E-state index contributed by atoms with van der Waals surface area (Å²) >= 11 is 1.52. The second-order valence-corrected chi connectivity index (χ2v) is 10.3. The maximum Gasteiger partial charge on any atom is 0.293 e. The van der Waals surface area contributed by atoms with Crippen molar-refractivity contribution >= 4 is 33.0 Å². The van der Waals surface area contributed by atoms with Gasteiger partial charge in [0.2, 0.25) is 6.79 Å². The Morgan fingerprint density at radius 1 is 1.18 bits per heavy atom. The van der Waals surface area contributed by atoms with E-state index < -0.39 is 14.8 Å². The van der Waals surface area contributed by atoms with Crippen LogP contribution in [0.5, 0.6) is 11.5 Å². The lowest BCUT2D eigenvalue weighted by atomic mass is 10.2. The van der Waals surface area contributed by atoms with Gasteiger partial charge >= 0.3 is 0 Å². The summed E-state index contributed by atoms with van der Waals surface area (Å²) in [6, 6.07) is 9.46. The Morgan fingerprint density at radius 3 is 2.73 bits per heavy atom. The molecule has 1 N–H and O–H groups in total. The molecule has 0 bridgehead atoms. The van der Waals surface area contributed by atoms with Crippen LogP contribution in [-0.2, 0) is 16.9 Å². The number of rotatable bonds is 9. The molecule has 0 saturated carbocycles. The molecule has 0 radical (unpaired) electrons. The number of nitrogens with zero attached hydrogens (tertiary/aromatic N) is 4. The van der Waals surface area contributed by atoms with E-state index in [0.29, 0.717) is 36.0 Å². The average Bonchev–Trinajstić information content (AvgIpc) is 3.38. The summed E-state index contributed by atoms with van der Waals surface area (Å²) in [5, 5.41) is 23.6. The van der Waals surface area contributed by atoms with E-state index in [-0.39, 0.29) is 23.1 Å². The van der Waals surface area contributed by atoms with Crippen LogP contribution in [0, 0.1) is 10.1 Å². The van der Waals surface area contributed by atoms with Crippen molar-refractivity contribution in [1.82, 2.24) is 14.8 Å². The monoisotopic (exact) mass is 491 g/mol. The van der Waals surface area contributed by atoms with Crippen LogP contribution in [0.15, 0.2) is 46.5 Å². The van der Waals surface area contributed by atoms with Crippen molar-refractivity contribution in [2.45, 2.75) is 16.5 Å². The third kappa shape index (κ3) is 5.03. The van der Waals surface area contributed by atoms with E-state index in [1.54, 1.807) is 0 Å². The van der Waals surface area contributed by atoms with E-state index in [2.05, 4.69) is 15.5 Å². The fraction of sp³-hybridized carbons (Fsp3) is 0.300. The molecular formula is C20H21N5O6S2. The molecule has 2 heterocycles. The van der Waals surface area contributed by atoms with Crippen LogP contribution in [0.1, 0.15) is 6.42 Å². The van der Waals surface area contributed by atoms with Gasteiger partial charge in [0.25, 0.3) is 5.69 Å². The van der Waals surface area contributed by atoms with Crippen molar-refractivity contribution in [3.05, 3.63) is 46.5 Å². The van der Waals surface area contributed by atoms with Crippen LogP contribution in [-0.4, -0.2) is 53.5 Å². The van der Waals surface area contributed by atoms with E-state index in [1.165, 1.54) is 23.9 Å². The van der Waals surface area contributed by atoms with Gasteiger partial charge in [-0.1, -0.05) is 11.8 Å². The van der Waals surface area contributed by atoms with E-state index in [0.717, 1.165) is 23.0 Å². The highest BCUT2D eigenvalue weighted by Gasteiger charge is 2.19. The number of nitrogens with one attached hydrogen (secondary N) is 1. The average molecular weight is 492 g/mol. The first kappa shape index (κ1) is 22.9. The molecule has 174 valence electrons. The zero-order valence-corrected chi connectivity index (χ0v) is 19.5. The topological polar surface area (TPSA) is 138 Å². The smallest absolute Gasteiger partial charge is 0.293 e. The highest BCUT2D eigenvalue weighted by molar-refractivity contribution is 7.99. The van der Waals surface area contributed by atoms with E-state index in [9.17, 15) is 18.5 Å². The van der Waals surface area contributed by atoms with Crippen molar-refractivity contribution in [2.24, 2.45) is 7.05 Å². The molecule has 4 rings (SSSR count). The molecule has 0 amide bonds. The predicted octanol–water partition coefficient (Wildman–Crippen LogP) is 3.12. The fourth-order valence-corrected chi connectivity index (χ4v) is 4.72. The maximum atomic E-state index is 11.7. The largest absolute Gasteiger partial charge is 0.454 e. The van der Waals surface area contributed by atoms with Crippen molar-refractivity contribution < 1.29 is 22.8 Å². The van der Waals surface area contributed by atoms with Crippen molar-refractivity contribution in [3.63, 3.8) is 0 Å². The fourth-order valence-electron chi connectivity index (χ4n) is 3.23. The first-order valence-electron chi connectivity index (χ1n) is 9.88. The van der Waals surface area contributed by atoms with Crippen molar-refractivity contribution in [3.8, 4) is 22.9 Å². The number of sulfone groups is 1. The molecule has 2 aromatic carbocycles. The van der Waals surface area contributed by atoms with Crippen LogP contribution in [0.2, 0.25) is 0 Å². The van der Waals surface area contributed by atoms with Gasteiger partial charge in [-0.3, -0.25) is 10.1 Å². The molecule has 1 aromatic heterocycles. The number of hydrogen-bond acceptors (Lipinski definition) is 10. The number of aromatic nitrogens is 3. The SMILES string of the molecule is Cn1c(SCCCNc2ccc(S(C)(=O)=O)cc2[N+](=O)[O-])nnc1-c1ccc2c(c1)OCO2. The minimum atomic E-state index is -3.52. The van der Waals surface area contributed by atoms with E-state index in [1.807, 2.05) is 29.8 Å². The van der Waals surface area contributed by atoms with Crippen LogP contribution in [0.4, 0.5) is 11.4 Å². The lowest BCUT2D eigenvalue weighted by molar-refractivity contribution is -0.384. The molecule has 3 aromatic rings. The molecule has 0 unspecified atom stereocenters. The van der Waals surface area contributed by atoms with Gasteiger partial charge in [-0.2, -0.15) is 0 Å². The Labute approximate surface area is 194 Å². The summed E-state index contributed by atoms with van der Waals surface area (Å²) in [4.78, 5) is 10.6. The molecule has 0 aliphatic carbocycles. The van der Waals surface area contributed by atoms with Gasteiger partial charge in [0, 0.05) is 37.2 Å². The zero-order chi connectivity index (χ0) is 23.6. The second kappa shape index (κ2) is 9.27. The Hall–Kier alpha value is -3.32. The second-order valence-electron chi connectivity index (χ2n) is 7.27. The lowest BCUT2D eigenvalue weighted by Gasteiger charge is -2.08. The van der Waals surface area contributed by atoms with Crippen molar-refractivity contribution in [1.29, 1.82) is 0 Å². The summed E-state index contributed by atoms with van der Waals surface area (Å²) in [6.45, 7) is 0.677. The van der Waals surface area contributed by atoms with E-state index >= 15 is 0 Å². The first-order chi connectivity index (χ1) is 15.7. The summed E-state index contributed by atoms with van der Waals surface area (Å²) in [6.07, 6.45) is 1.71. The predicted molar refractivity (Wildman–Crippen MR) is 123 cm³/mol. The quantitative estimate of drug-likeness (QED) is 0.206. The Morgan fingerprint density at radius 2 is 1.97 bits per heavy atom. The number of hydrogen-bond donors (Lipinski definition) is 1. The number of nitro benzene ring substituents is 1. The molecular weight excluding hydrogens is 470 g/mol. The maximum absolute atomic E-state index is 11.7. The molecule has 1 aliphatic rings. The third-order valence-corrected chi connectivity index (χ3v) is 7.14. The zero-order valence-electron chi connectivity index (χ0n) is 17.8. The van der Waals surface area contributed by atoms with Gasteiger partial charge in [-0.25, -0.2) is 8.42 Å².